The summed E-state index contributed by atoms with van der Waals surface area (Å²) in [6.07, 6.45) is 0.719. The van der Waals surface area contributed by atoms with Crippen molar-refractivity contribution in [3.63, 3.8) is 0 Å². The van der Waals surface area contributed by atoms with Crippen LogP contribution < -0.4 is 4.74 Å². The molecule has 0 aliphatic carbocycles. The van der Waals surface area contributed by atoms with Crippen LogP contribution in [0.1, 0.15) is 25.0 Å². The standard InChI is InChI=1S/C15H21NO3/c1-11(2)10-19-14-4-3-12-5-7-16(15(17)18)8-6-13(12)9-14/h3-4,9,11H,5-8,10H2,1-2H3,(H,17,18). The van der Waals surface area contributed by atoms with Crippen LogP contribution in [-0.2, 0) is 12.8 Å². The highest BCUT2D eigenvalue weighted by Gasteiger charge is 2.17. The molecule has 0 atom stereocenters. The lowest BCUT2D eigenvalue weighted by Crippen LogP contribution is -2.31. The van der Waals surface area contributed by atoms with Gasteiger partial charge in [0.25, 0.3) is 0 Å². The van der Waals surface area contributed by atoms with Gasteiger partial charge in [-0.2, -0.15) is 0 Å². The predicted octanol–water partition coefficient (Wildman–Crippen LogP) is 2.80. The number of fused-ring (bicyclic) bond motifs is 1. The molecule has 0 radical (unpaired) electrons. The third-order valence-electron chi connectivity index (χ3n) is 3.33. The summed E-state index contributed by atoms with van der Waals surface area (Å²) in [5.74, 6) is 1.39. The van der Waals surface area contributed by atoms with Crippen molar-refractivity contribution in [3.8, 4) is 5.75 Å². The maximum atomic E-state index is 11.0. The summed E-state index contributed by atoms with van der Waals surface area (Å²) in [5.41, 5.74) is 2.45. The van der Waals surface area contributed by atoms with E-state index >= 15 is 0 Å². The first kappa shape index (κ1) is 13.7. The van der Waals surface area contributed by atoms with E-state index in [1.54, 1.807) is 0 Å². The first-order chi connectivity index (χ1) is 9.06. The number of ether oxygens (including phenoxy) is 1. The molecule has 1 heterocycles. The Kier molecular flexibility index (Phi) is 4.30. The molecular formula is C15H21NO3. The van der Waals surface area contributed by atoms with E-state index in [9.17, 15) is 4.79 Å². The molecule has 2 rings (SSSR count). The molecule has 1 aliphatic rings. The topological polar surface area (TPSA) is 49.8 Å². The number of carbonyl (C=O) groups is 1. The monoisotopic (exact) mass is 263 g/mol. The molecule has 1 amide bonds. The third-order valence-corrected chi connectivity index (χ3v) is 3.33. The molecule has 0 fully saturated rings. The number of rotatable bonds is 3. The Morgan fingerprint density at radius 3 is 2.63 bits per heavy atom. The minimum absolute atomic E-state index is 0.501. The van der Waals surface area contributed by atoms with E-state index < -0.39 is 6.09 Å². The number of benzene rings is 1. The molecule has 1 N–H and O–H groups in total. The zero-order valence-electron chi connectivity index (χ0n) is 11.6. The van der Waals surface area contributed by atoms with Gasteiger partial charge in [0.15, 0.2) is 0 Å². The number of carboxylic acid groups (broad SMARTS) is 1. The van der Waals surface area contributed by atoms with Crippen molar-refractivity contribution in [1.29, 1.82) is 0 Å². The van der Waals surface area contributed by atoms with Gasteiger partial charge < -0.3 is 14.7 Å². The van der Waals surface area contributed by atoms with E-state index in [2.05, 4.69) is 26.0 Å². The second kappa shape index (κ2) is 5.95. The van der Waals surface area contributed by atoms with Crippen LogP contribution in [0.4, 0.5) is 4.79 Å². The van der Waals surface area contributed by atoms with E-state index in [4.69, 9.17) is 9.84 Å². The maximum Gasteiger partial charge on any atom is 0.407 e. The second-order valence-corrected chi connectivity index (χ2v) is 5.40. The van der Waals surface area contributed by atoms with E-state index in [1.807, 2.05) is 6.07 Å². The van der Waals surface area contributed by atoms with E-state index in [0.29, 0.717) is 25.6 Å². The Morgan fingerprint density at radius 1 is 1.32 bits per heavy atom. The van der Waals surface area contributed by atoms with Gasteiger partial charge in [-0.05, 0) is 42.0 Å². The van der Waals surface area contributed by atoms with Gasteiger partial charge in [0.2, 0.25) is 0 Å². The summed E-state index contributed by atoms with van der Waals surface area (Å²) in [6.45, 7) is 6.09. The molecule has 0 aromatic heterocycles. The first-order valence-electron chi connectivity index (χ1n) is 6.78. The van der Waals surface area contributed by atoms with Gasteiger partial charge >= 0.3 is 6.09 Å². The molecule has 4 heteroatoms. The molecule has 0 saturated heterocycles. The van der Waals surface area contributed by atoms with Gasteiger partial charge in [0, 0.05) is 13.1 Å². The van der Waals surface area contributed by atoms with Crippen LogP contribution in [0.2, 0.25) is 0 Å². The quantitative estimate of drug-likeness (QED) is 0.912. The fourth-order valence-electron chi connectivity index (χ4n) is 2.25. The molecule has 0 spiro atoms. The average Bonchev–Trinajstić information content (AvgIpc) is 2.58. The lowest BCUT2D eigenvalue weighted by atomic mass is 10.0. The summed E-state index contributed by atoms with van der Waals surface area (Å²) in [7, 11) is 0. The van der Waals surface area contributed by atoms with Crippen LogP contribution in [0.25, 0.3) is 0 Å². The second-order valence-electron chi connectivity index (χ2n) is 5.40. The van der Waals surface area contributed by atoms with Crippen LogP contribution in [0.5, 0.6) is 5.75 Å². The fourth-order valence-corrected chi connectivity index (χ4v) is 2.25. The molecular weight excluding hydrogens is 242 g/mol. The highest BCUT2D eigenvalue weighted by molar-refractivity contribution is 5.65. The first-order valence-corrected chi connectivity index (χ1v) is 6.78. The summed E-state index contributed by atoms with van der Waals surface area (Å²) >= 11 is 0. The Bertz CT molecular complexity index is 457. The van der Waals surface area contributed by atoms with Gasteiger partial charge in [-0.15, -0.1) is 0 Å². The van der Waals surface area contributed by atoms with Crippen molar-refractivity contribution >= 4 is 6.09 Å². The fraction of sp³-hybridized carbons (Fsp3) is 0.533. The van der Waals surface area contributed by atoms with Gasteiger partial charge in [-0.3, -0.25) is 0 Å². The molecule has 1 aromatic carbocycles. The molecule has 19 heavy (non-hydrogen) atoms. The summed E-state index contributed by atoms with van der Waals surface area (Å²) in [6, 6.07) is 6.11. The number of amides is 1. The summed E-state index contributed by atoms with van der Waals surface area (Å²) in [5, 5.41) is 9.04. The smallest absolute Gasteiger partial charge is 0.407 e. The van der Waals surface area contributed by atoms with Gasteiger partial charge in [-0.25, -0.2) is 4.79 Å². The zero-order valence-corrected chi connectivity index (χ0v) is 11.6. The van der Waals surface area contributed by atoms with Crippen LogP contribution in [0.15, 0.2) is 18.2 Å². The predicted molar refractivity (Wildman–Crippen MR) is 73.8 cm³/mol. The van der Waals surface area contributed by atoms with Crippen molar-refractivity contribution in [2.24, 2.45) is 5.92 Å². The normalized spacial score (nSPS) is 15.0. The molecule has 0 unspecified atom stereocenters. The Labute approximate surface area is 114 Å². The van der Waals surface area contributed by atoms with Crippen LogP contribution in [0, 0.1) is 5.92 Å². The van der Waals surface area contributed by atoms with E-state index in [1.165, 1.54) is 16.0 Å². The molecule has 1 aromatic rings. The minimum Gasteiger partial charge on any atom is -0.493 e. The van der Waals surface area contributed by atoms with Crippen molar-refractivity contribution in [2.45, 2.75) is 26.7 Å². The maximum absolute atomic E-state index is 11.0. The SMILES string of the molecule is CC(C)COc1ccc2c(c1)CCN(C(=O)O)CC2. The molecule has 0 bridgehead atoms. The van der Waals surface area contributed by atoms with Crippen LogP contribution >= 0.6 is 0 Å². The number of nitrogens with zero attached hydrogens (tertiary/aromatic N) is 1. The molecule has 4 nitrogen and oxygen atoms in total. The Hall–Kier alpha value is -1.71. The zero-order chi connectivity index (χ0) is 13.8. The average molecular weight is 263 g/mol. The Balaban J connectivity index is 2.07. The largest absolute Gasteiger partial charge is 0.493 e. The molecule has 104 valence electrons. The number of hydrogen-bond acceptors (Lipinski definition) is 2. The highest BCUT2D eigenvalue weighted by atomic mass is 16.5. The lowest BCUT2D eigenvalue weighted by molar-refractivity contribution is 0.147. The van der Waals surface area contributed by atoms with E-state index in [0.717, 1.165) is 18.6 Å². The number of hydrogen-bond donors (Lipinski definition) is 1. The molecule has 0 saturated carbocycles. The van der Waals surface area contributed by atoms with Gasteiger partial charge in [0.05, 0.1) is 6.61 Å². The van der Waals surface area contributed by atoms with Crippen LogP contribution in [0.3, 0.4) is 0 Å². The lowest BCUT2D eigenvalue weighted by Gasteiger charge is -2.15. The summed E-state index contributed by atoms with van der Waals surface area (Å²) < 4.78 is 5.72. The van der Waals surface area contributed by atoms with E-state index in [-0.39, 0.29) is 0 Å². The van der Waals surface area contributed by atoms with Crippen molar-refractivity contribution < 1.29 is 14.6 Å². The molecule has 1 aliphatic heterocycles. The van der Waals surface area contributed by atoms with Crippen LogP contribution in [-0.4, -0.2) is 35.8 Å². The summed E-state index contributed by atoms with van der Waals surface area (Å²) in [4.78, 5) is 12.5. The third kappa shape index (κ3) is 3.63. The Morgan fingerprint density at radius 2 is 2.00 bits per heavy atom. The van der Waals surface area contributed by atoms with Gasteiger partial charge in [-0.1, -0.05) is 19.9 Å². The van der Waals surface area contributed by atoms with Crippen molar-refractivity contribution in [2.75, 3.05) is 19.7 Å². The van der Waals surface area contributed by atoms with Gasteiger partial charge in [0.1, 0.15) is 5.75 Å². The van der Waals surface area contributed by atoms with Crippen molar-refractivity contribution in [1.82, 2.24) is 4.90 Å². The minimum atomic E-state index is -0.830. The highest BCUT2D eigenvalue weighted by Crippen LogP contribution is 2.22. The van der Waals surface area contributed by atoms with Crippen molar-refractivity contribution in [3.05, 3.63) is 29.3 Å².